The highest BCUT2D eigenvalue weighted by atomic mass is 35.5. The number of hydrogen-bond acceptors (Lipinski definition) is 3. The third-order valence-corrected chi connectivity index (χ3v) is 5.14. The van der Waals surface area contributed by atoms with Gasteiger partial charge in [-0.1, -0.05) is 24.6 Å². The van der Waals surface area contributed by atoms with Gasteiger partial charge in [-0.05, 0) is 38.0 Å². The van der Waals surface area contributed by atoms with E-state index in [1.165, 1.54) is 10.4 Å². The minimum absolute atomic E-state index is 0.739. The van der Waals surface area contributed by atoms with Crippen LogP contribution in [0, 0.1) is 13.8 Å². The smallest absolute Gasteiger partial charge is 0.144 e. The van der Waals surface area contributed by atoms with E-state index in [1.54, 1.807) is 11.3 Å². The predicted octanol–water partition coefficient (Wildman–Crippen LogP) is 5.03. The minimum atomic E-state index is 0.739. The summed E-state index contributed by atoms with van der Waals surface area (Å²) in [4.78, 5) is 6.04. The number of hydrogen-bond donors (Lipinski definition) is 1. The average molecular weight is 320 g/mol. The van der Waals surface area contributed by atoms with Gasteiger partial charge >= 0.3 is 0 Å². The molecule has 110 valence electrons. The number of halogens is 1. The third kappa shape index (κ3) is 2.23. The van der Waals surface area contributed by atoms with E-state index in [4.69, 9.17) is 22.3 Å². The van der Waals surface area contributed by atoms with Gasteiger partial charge in [0.15, 0.2) is 0 Å². The van der Waals surface area contributed by atoms with Gasteiger partial charge in [-0.3, -0.25) is 0 Å². The van der Waals surface area contributed by atoms with Crippen molar-refractivity contribution in [2.24, 2.45) is 0 Å². The molecule has 5 heteroatoms. The van der Waals surface area contributed by atoms with Crippen molar-refractivity contribution in [2.45, 2.75) is 33.7 Å². The van der Waals surface area contributed by atoms with E-state index in [9.17, 15) is 0 Å². The van der Waals surface area contributed by atoms with Crippen LogP contribution in [0.2, 0.25) is 5.02 Å². The zero-order valence-corrected chi connectivity index (χ0v) is 14.0. The second kappa shape index (κ2) is 5.35. The lowest BCUT2D eigenvalue weighted by Crippen LogP contribution is -2.01. The standard InChI is InChI=1S/C16H18ClN3S/c1-4-8-20-14-11(17)6-5-7-12(14)19-16(20)13-9(2)10(3)21-15(13)18/h5-7H,4,8,18H2,1-3H3. The first-order valence-electron chi connectivity index (χ1n) is 7.05. The van der Waals surface area contributed by atoms with Gasteiger partial charge in [0, 0.05) is 11.4 Å². The number of imidazole rings is 1. The molecule has 2 N–H and O–H groups in total. The molecular formula is C16H18ClN3S. The van der Waals surface area contributed by atoms with E-state index < -0.39 is 0 Å². The van der Waals surface area contributed by atoms with Crippen molar-refractivity contribution in [3.05, 3.63) is 33.7 Å². The van der Waals surface area contributed by atoms with Crippen LogP contribution < -0.4 is 5.73 Å². The van der Waals surface area contributed by atoms with Gasteiger partial charge in [-0.2, -0.15) is 0 Å². The molecule has 0 aliphatic rings. The maximum atomic E-state index is 6.39. The van der Waals surface area contributed by atoms with E-state index in [-0.39, 0.29) is 0 Å². The Labute approximate surface area is 133 Å². The van der Waals surface area contributed by atoms with Crippen molar-refractivity contribution in [3.63, 3.8) is 0 Å². The topological polar surface area (TPSA) is 43.8 Å². The summed E-state index contributed by atoms with van der Waals surface area (Å²) < 4.78 is 2.20. The highest BCUT2D eigenvalue weighted by molar-refractivity contribution is 7.16. The largest absolute Gasteiger partial charge is 0.390 e. The van der Waals surface area contributed by atoms with Crippen LogP contribution in [0.15, 0.2) is 18.2 Å². The van der Waals surface area contributed by atoms with Crippen molar-refractivity contribution in [1.29, 1.82) is 0 Å². The molecule has 21 heavy (non-hydrogen) atoms. The van der Waals surface area contributed by atoms with Crippen LogP contribution in [0.3, 0.4) is 0 Å². The Kier molecular flexibility index (Phi) is 3.68. The van der Waals surface area contributed by atoms with Gasteiger partial charge in [0.1, 0.15) is 5.82 Å². The second-order valence-electron chi connectivity index (χ2n) is 5.22. The Balaban J connectivity index is 2.37. The van der Waals surface area contributed by atoms with Gasteiger partial charge in [-0.15, -0.1) is 11.3 Å². The molecule has 0 radical (unpaired) electrons. The lowest BCUT2D eigenvalue weighted by molar-refractivity contribution is 0.704. The van der Waals surface area contributed by atoms with E-state index in [2.05, 4.69) is 25.3 Å². The van der Waals surface area contributed by atoms with Crippen LogP contribution in [-0.4, -0.2) is 9.55 Å². The number of aromatic nitrogens is 2. The van der Waals surface area contributed by atoms with E-state index in [0.717, 1.165) is 45.4 Å². The number of nitrogen functional groups attached to an aromatic ring is 1. The molecule has 3 rings (SSSR count). The first-order valence-corrected chi connectivity index (χ1v) is 8.24. The number of aryl methyl sites for hydroxylation is 2. The van der Waals surface area contributed by atoms with Crippen LogP contribution in [0.4, 0.5) is 5.00 Å². The van der Waals surface area contributed by atoms with Crippen LogP contribution in [0.25, 0.3) is 22.4 Å². The molecule has 0 aliphatic heterocycles. The number of nitrogens with two attached hydrogens (primary N) is 1. The van der Waals surface area contributed by atoms with Crippen LogP contribution in [0.1, 0.15) is 23.8 Å². The van der Waals surface area contributed by atoms with Crippen molar-refractivity contribution < 1.29 is 0 Å². The second-order valence-corrected chi connectivity index (χ2v) is 6.88. The van der Waals surface area contributed by atoms with Crippen LogP contribution >= 0.6 is 22.9 Å². The summed E-state index contributed by atoms with van der Waals surface area (Å²) in [6.45, 7) is 7.24. The van der Waals surface area contributed by atoms with Gasteiger partial charge < -0.3 is 10.3 Å². The maximum absolute atomic E-state index is 6.39. The summed E-state index contributed by atoms with van der Waals surface area (Å²) in [6, 6.07) is 5.85. The Morgan fingerprint density at radius 2 is 2.10 bits per heavy atom. The van der Waals surface area contributed by atoms with E-state index in [0.29, 0.717) is 0 Å². The Bertz CT molecular complexity index is 817. The van der Waals surface area contributed by atoms with Crippen molar-refractivity contribution in [2.75, 3.05) is 5.73 Å². The molecule has 2 aromatic heterocycles. The van der Waals surface area contributed by atoms with E-state index in [1.807, 2.05) is 18.2 Å². The number of nitrogens with zero attached hydrogens (tertiary/aromatic N) is 2. The van der Waals surface area contributed by atoms with Crippen molar-refractivity contribution in [1.82, 2.24) is 9.55 Å². The molecule has 0 fully saturated rings. The first-order chi connectivity index (χ1) is 10.0. The Hall–Kier alpha value is -1.52. The summed E-state index contributed by atoms with van der Waals surface area (Å²) in [5, 5.41) is 1.57. The molecule has 0 saturated carbocycles. The molecule has 2 heterocycles. The minimum Gasteiger partial charge on any atom is -0.390 e. The van der Waals surface area contributed by atoms with E-state index >= 15 is 0 Å². The number of thiophene rings is 1. The zero-order chi connectivity index (χ0) is 15.1. The number of benzene rings is 1. The fourth-order valence-corrected chi connectivity index (χ4v) is 3.91. The lowest BCUT2D eigenvalue weighted by Gasteiger charge is -2.09. The highest BCUT2D eigenvalue weighted by Crippen LogP contribution is 2.39. The molecular weight excluding hydrogens is 302 g/mol. The lowest BCUT2D eigenvalue weighted by atomic mass is 10.1. The summed E-state index contributed by atoms with van der Waals surface area (Å²) in [5.41, 5.74) is 10.4. The van der Waals surface area contributed by atoms with Crippen LogP contribution in [0.5, 0.6) is 0 Å². The summed E-state index contributed by atoms with van der Waals surface area (Å²) in [6.07, 6.45) is 1.02. The van der Waals surface area contributed by atoms with Crippen molar-refractivity contribution in [3.8, 4) is 11.4 Å². The SMILES string of the molecule is CCCn1c(-c2c(N)sc(C)c2C)nc2cccc(Cl)c21. The van der Waals surface area contributed by atoms with Crippen molar-refractivity contribution >= 4 is 39.0 Å². The Morgan fingerprint density at radius 1 is 1.33 bits per heavy atom. The molecule has 0 atom stereocenters. The highest BCUT2D eigenvalue weighted by Gasteiger charge is 2.20. The van der Waals surface area contributed by atoms with Gasteiger partial charge in [-0.25, -0.2) is 4.98 Å². The third-order valence-electron chi connectivity index (χ3n) is 3.80. The molecule has 0 bridgehead atoms. The van der Waals surface area contributed by atoms with Gasteiger partial charge in [0.2, 0.25) is 0 Å². The number of fused-ring (bicyclic) bond motifs is 1. The summed E-state index contributed by atoms with van der Waals surface area (Å²) in [5.74, 6) is 0.930. The van der Waals surface area contributed by atoms with Gasteiger partial charge in [0.05, 0.1) is 26.6 Å². The molecule has 0 saturated heterocycles. The zero-order valence-electron chi connectivity index (χ0n) is 12.4. The molecule has 0 amide bonds. The fourth-order valence-electron chi connectivity index (χ4n) is 2.71. The monoisotopic (exact) mass is 319 g/mol. The first kappa shape index (κ1) is 14.4. The molecule has 1 aromatic carbocycles. The predicted molar refractivity (Wildman–Crippen MR) is 92.2 cm³/mol. The number of rotatable bonds is 3. The molecule has 3 aromatic rings. The normalized spacial score (nSPS) is 11.4. The summed E-state index contributed by atoms with van der Waals surface area (Å²) in [7, 11) is 0. The van der Waals surface area contributed by atoms with Gasteiger partial charge in [0.25, 0.3) is 0 Å². The number of para-hydroxylation sites is 1. The average Bonchev–Trinajstić information content (AvgIpc) is 2.90. The maximum Gasteiger partial charge on any atom is 0.144 e. The fraction of sp³-hybridized carbons (Fsp3) is 0.312. The molecule has 0 spiro atoms. The number of anilines is 1. The molecule has 0 unspecified atom stereocenters. The summed E-state index contributed by atoms with van der Waals surface area (Å²) >= 11 is 8.02. The molecule has 0 aliphatic carbocycles. The quantitative estimate of drug-likeness (QED) is 0.736. The Morgan fingerprint density at radius 3 is 2.71 bits per heavy atom. The van der Waals surface area contributed by atoms with Crippen LogP contribution in [-0.2, 0) is 6.54 Å². The molecule has 3 nitrogen and oxygen atoms in total.